The van der Waals surface area contributed by atoms with E-state index in [-0.39, 0.29) is 13.1 Å². The first-order valence-electron chi connectivity index (χ1n) is 19.7. The molecule has 0 radical (unpaired) electrons. The van der Waals surface area contributed by atoms with E-state index in [0.717, 1.165) is 5.56 Å². The standard InChI is InChI=1S/2C9H20S2.C8H19NS2.C7H7NO2.C5H10S2.CH4.3HPS/c2*1-3-10-8-6-5-7-9-11-4-2;1-3-10-7-5-9-6-8-11-4-2;1-6-2-4-7(5-3-6)8(9)10;1-2-4-6-7-5-3-1;;3*1-2/h2*3-9H2,1-2H3;9H,3-8H2,1-2H3;2-5H,1H3;1-5H2;1H4;3*1H. The molecule has 0 aliphatic carbocycles. The second-order valence-corrected chi connectivity index (χ2v) is 21.9. The number of thioether (sulfide) groups is 6. The smallest absolute Gasteiger partial charge is 0.269 e. The fourth-order valence-corrected chi connectivity index (χ4v) is 9.97. The van der Waals surface area contributed by atoms with Crippen LogP contribution in [0.25, 0.3) is 0 Å². The van der Waals surface area contributed by atoms with Gasteiger partial charge in [-0.05, 0) is 127 Å². The molecule has 0 aromatic heterocycles. The molecule has 0 atom stereocenters. The van der Waals surface area contributed by atoms with Crippen LogP contribution in [0.3, 0.4) is 0 Å². The van der Waals surface area contributed by atoms with Gasteiger partial charge in [-0.2, -0.15) is 70.6 Å². The van der Waals surface area contributed by atoms with Gasteiger partial charge >= 0.3 is 0 Å². The first kappa shape index (κ1) is 74.3. The summed E-state index contributed by atoms with van der Waals surface area (Å²) in [4.78, 5) is 9.71. The molecule has 57 heavy (non-hydrogen) atoms. The van der Waals surface area contributed by atoms with Crippen molar-refractivity contribution in [2.45, 2.75) is 114 Å². The van der Waals surface area contributed by atoms with Gasteiger partial charge in [0.1, 0.15) is 0 Å². The molecule has 0 bridgehead atoms. The number of aryl methyl sites for hydroxylation is 1. The Kier molecular flexibility index (Phi) is 103. The van der Waals surface area contributed by atoms with Crippen LogP contribution in [0.1, 0.15) is 112 Å². The summed E-state index contributed by atoms with van der Waals surface area (Å²) < 4.78 is 0. The number of rotatable bonds is 25. The van der Waals surface area contributed by atoms with Crippen LogP contribution in [-0.2, 0) is 35.4 Å². The van der Waals surface area contributed by atoms with Crippen molar-refractivity contribution in [2.24, 2.45) is 0 Å². The van der Waals surface area contributed by atoms with E-state index in [2.05, 4.69) is 153 Å². The molecule has 1 aromatic carbocycles. The van der Waals surface area contributed by atoms with Crippen LogP contribution >= 0.6 is 116 Å². The second kappa shape index (κ2) is 79.3. The van der Waals surface area contributed by atoms with Crippen LogP contribution in [0, 0.1) is 17.0 Å². The molecule has 1 heterocycles. The molecule has 0 spiro atoms. The Morgan fingerprint density at radius 2 is 0.860 bits per heavy atom. The van der Waals surface area contributed by atoms with Crippen molar-refractivity contribution in [2.75, 3.05) is 93.6 Å². The lowest BCUT2D eigenvalue weighted by Gasteiger charge is -2.02. The number of benzene rings is 1. The Balaban J connectivity index is -0.000000106. The maximum absolute atomic E-state index is 10.1. The van der Waals surface area contributed by atoms with Crippen LogP contribution < -0.4 is 5.32 Å². The summed E-state index contributed by atoms with van der Waals surface area (Å²) in [6.45, 7) is 17.6. The highest BCUT2D eigenvalue weighted by Crippen LogP contribution is 2.27. The van der Waals surface area contributed by atoms with Gasteiger partial charge in [-0.3, -0.25) is 10.1 Å². The lowest BCUT2D eigenvalue weighted by atomic mass is 10.2. The molecule has 1 N–H and O–H groups in total. The second-order valence-electron chi connectivity index (χ2n) is 10.9. The Hall–Kier alpha value is 2.94. The van der Waals surface area contributed by atoms with E-state index in [1.54, 1.807) is 12.1 Å². The summed E-state index contributed by atoms with van der Waals surface area (Å²) in [5.74, 6) is 18.4. The number of nitro benzene ring substituents is 1. The van der Waals surface area contributed by atoms with Crippen molar-refractivity contribution in [3.8, 4) is 0 Å². The molecule has 0 unspecified atom stereocenters. The van der Waals surface area contributed by atoms with Crippen LogP contribution in [0.5, 0.6) is 0 Å². The SMILES string of the molecule is C.C1CCSSCC1.CCSCCCCCSCC.CCSCCCCCSCC.CCSCCNCCSCC.Cc1ccc([N+](=O)[O-])cc1.P=S.P=S.P=S. The largest absolute Gasteiger partial charge is 0.315 e. The van der Waals surface area contributed by atoms with Crippen molar-refractivity contribution in [3.63, 3.8) is 0 Å². The van der Waals surface area contributed by atoms with E-state index < -0.39 is 4.92 Å². The highest BCUT2D eigenvalue weighted by molar-refractivity contribution is 8.76. The molecule has 342 valence electrons. The van der Waals surface area contributed by atoms with Crippen LogP contribution in [0.4, 0.5) is 5.69 Å². The first-order chi connectivity index (χ1) is 27.4. The molecular weight excluding hydrogens is 974 g/mol. The number of hydrogen-bond acceptors (Lipinski definition) is 14. The van der Waals surface area contributed by atoms with Crippen molar-refractivity contribution in [3.05, 3.63) is 39.9 Å². The summed E-state index contributed by atoms with van der Waals surface area (Å²) >= 11 is 23.9. The zero-order valence-electron chi connectivity index (χ0n) is 35.7. The fourth-order valence-electron chi connectivity index (χ4n) is 3.73. The summed E-state index contributed by atoms with van der Waals surface area (Å²) in [6.07, 6.45) is 12.9. The lowest BCUT2D eigenvalue weighted by Crippen LogP contribution is -2.20. The number of nitrogens with zero attached hydrogens (tertiary/aromatic N) is 1. The molecule has 0 saturated carbocycles. The first-order valence-corrected chi connectivity index (χ1v) is 34.0. The van der Waals surface area contributed by atoms with Crippen molar-refractivity contribution < 1.29 is 4.92 Å². The van der Waals surface area contributed by atoms with Gasteiger partial charge in [0.2, 0.25) is 0 Å². The average Bonchev–Trinajstić information content (AvgIpc) is 3.57. The molecular formula is C39H83N2O2P3S11. The number of non-ortho nitro benzene ring substituents is 1. The summed E-state index contributed by atoms with van der Waals surface area (Å²) in [7, 11) is 11.7. The van der Waals surface area contributed by atoms with Crippen molar-refractivity contribution in [1.29, 1.82) is 0 Å². The average molecular weight is 1060 g/mol. The highest BCUT2D eigenvalue weighted by Gasteiger charge is 2.01. The van der Waals surface area contributed by atoms with Gasteiger partial charge in [-0.1, -0.05) is 143 Å². The van der Waals surface area contributed by atoms with Crippen LogP contribution in [0.2, 0.25) is 0 Å². The topological polar surface area (TPSA) is 55.2 Å². The van der Waals surface area contributed by atoms with Gasteiger partial charge in [0, 0.05) is 48.2 Å². The van der Waals surface area contributed by atoms with E-state index in [9.17, 15) is 10.1 Å². The Morgan fingerprint density at radius 1 is 0.561 bits per heavy atom. The molecule has 1 saturated heterocycles. The summed E-state index contributed by atoms with van der Waals surface area (Å²) in [5, 5.41) is 13.5. The minimum absolute atomic E-state index is 0. The molecule has 0 amide bonds. The van der Waals surface area contributed by atoms with Crippen LogP contribution in [0.15, 0.2) is 24.3 Å². The summed E-state index contributed by atoms with van der Waals surface area (Å²) in [5.41, 5.74) is 1.18. The maximum Gasteiger partial charge on any atom is 0.269 e. The van der Waals surface area contributed by atoms with Gasteiger partial charge < -0.3 is 5.32 Å². The van der Waals surface area contributed by atoms with Gasteiger partial charge in [0.25, 0.3) is 5.69 Å². The minimum atomic E-state index is -0.403. The third kappa shape index (κ3) is 83.1. The predicted molar refractivity (Wildman–Crippen MR) is 309 cm³/mol. The van der Waals surface area contributed by atoms with E-state index in [1.165, 1.54) is 164 Å². The third-order valence-electron chi connectivity index (χ3n) is 6.51. The van der Waals surface area contributed by atoms with E-state index in [1.807, 2.05) is 52.0 Å². The van der Waals surface area contributed by atoms with E-state index >= 15 is 0 Å². The molecule has 1 aliphatic rings. The molecule has 1 fully saturated rings. The number of nitrogens with one attached hydrogen (secondary N) is 1. The lowest BCUT2D eigenvalue weighted by molar-refractivity contribution is -0.384. The van der Waals surface area contributed by atoms with Crippen LogP contribution in [-0.4, -0.2) is 98.6 Å². The Bertz CT molecular complexity index is 730. The third-order valence-corrected chi connectivity index (χ3v) is 14.8. The molecule has 1 aromatic rings. The van der Waals surface area contributed by atoms with E-state index in [0.29, 0.717) is 0 Å². The van der Waals surface area contributed by atoms with Gasteiger partial charge in [-0.25, -0.2) is 0 Å². The maximum atomic E-state index is 10.1. The monoisotopic (exact) mass is 1060 g/mol. The Labute approximate surface area is 410 Å². The van der Waals surface area contributed by atoms with Gasteiger partial charge in [-0.15, -0.1) is 0 Å². The molecule has 1 aliphatic heterocycles. The predicted octanol–water partition coefficient (Wildman–Crippen LogP) is 16.3. The van der Waals surface area contributed by atoms with E-state index in [4.69, 9.17) is 0 Å². The molecule has 4 nitrogen and oxygen atoms in total. The highest BCUT2D eigenvalue weighted by atomic mass is 33.1. The number of nitro groups is 1. The molecule has 18 heteroatoms. The number of unbranched alkanes of at least 4 members (excludes halogenated alkanes) is 4. The molecule has 2 rings (SSSR count). The number of hydrogen-bond donors (Lipinski definition) is 1. The Morgan fingerprint density at radius 3 is 1.14 bits per heavy atom. The fraction of sp³-hybridized carbons (Fsp3) is 0.846. The summed E-state index contributed by atoms with van der Waals surface area (Å²) in [6, 6.07) is 6.43. The van der Waals surface area contributed by atoms with Gasteiger partial charge in [0.05, 0.1) is 4.92 Å². The van der Waals surface area contributed by atoms with Gasteiger partial charge in [0.15, 0.2) is 0 Å². The van der Waals surface area contributed by atoms with Crippen molar-refractivity contribution >= 4 is 157 Å². The van der Waals surface area contributed by atoms with Crippen molar-refractivity contribution in [1.82, 2.24) is 5.32 Å². The zero-order valence-corrected chi connectivity index (χ0v) is 47.7. The minimum Gasteiger partial charge on any atom is -0.315 e. The zero-order chi connectivity index (χ0) is 43.6. The quantitative estimate of drug-likeness (QED) is 0.0332. The normalized spacial score (nSPS) is 10.8.